The van der Waals surface area contributed by atoms with Crippen molar-refractivity contribution >= 4 is 22.7 Å². The molecule has 0 spiro atoms. The van der Waals surface area contributed by atoms with Crippen LogP contribution in [0.25, 0.3) is 22.0 Å². The zero-order valence-corrected chi connectivity index (χ0v) is 12.4. The molecular weight excluding hydrogens is 276 g/mol. The Labute approximate surface area is 128 Å². The lowest BCUT2D eigenvalue weighted by Crippen LogP contribution is -2.03. The van der Waals surface area contributed by atoms with E-state index < -0.39 is 0 Å². The van der Waals surface area contributed by atoms with Crippen LogP contribution in [-0.4, -0.2) is 16.3 Å². The Morgan fingerprint density at radius 3 is 2.48 bits per heavy atom. The van der Waals surface area contributed by atoms with Crippen molar-refractivity contribution in [1.82, 2.24) is 4.98 Å². The molecule has 104 valence electrons. The van der Waals surface area contributed by atoms with Crippen LogP contribution in [0.2, 0.25) is 0 Å². The molecule has 1 aliphatic rings. The molecule has 2 unspecified atom stereocenters. The Bertz CT molecular complexity index is 786. The fourth-order valence-electron chi connectivity index (χ4n) is 2.48. The average molecular weight is 292 g/mol. The van der Waals surface area contributed by atoms with Gasteiger partial charge in [-0.25, -0.2) is 4.98 Å². The van der Waals surface area contributed by atoms with Crippen LogP contribution in [0.15, 0.2) is 65.7 Å². The highest BCUT2D eigenvalue weighted by molar-refractivity contribution is 8.00. The van der Waals surface area contributed by atoms with Gasteiger partial charge in [0.1, 0.15) is 5.03 Å². The molecule has 21 heavy (non-hydrogen) atoms. The topological polar surface area (TPSA) is 38.9 Å². The summed E-state index contributed by atoms with van der Waals surface area (Å²) in [6, 6.07) is 21.3. The second-order valence-corrected chi connectivity index (χ2v) is 6.68. The van der Waals surface area contributed by atoms with Crippen molar-refractivity contribution in [1.29, 1.82) is 0 Å². The van der Waals surface area contributed by atoms with Crippen LogP contribution < -0.4 is 5.73 Å². The van der Waals surface area contributed by atoms with Crippen LogP contribution in [-0.2, 0) is 0 Å². The molecule has 3 heteroatoms. The number of aromatic nitrogens is 1. The molecule has 0 radical (unpaired) electrons. The van der Waals surface area contributed by atoms with E-state index in [2.05, 4.69) is 48.5 Å². The van der Waals surface area contributed by atoms with Crippen LogP contribution in [0.1, 0.15) is 6.42 Å². The minimum Gasteiger partial charge on any atom is -0.327 e. The standard InChI is InChI=1S/C18H16N2S/c19-15-11-17(15)21-18-14(12-6-2-1-3-7-12)10-13-8-4-5-9-16(13)20-18/h1-10,15,17H,11,19H2. The molecule has 0 saturated heterocycles. The summed E-state index contributed by atoms with van der Waals surface area (Å²) in [6.07, 6.45) is 1.09. The summed E-state index contributed by atoms with van der Waals surface area (Å²) in [5.41, 5.74) is 9.44. The van der Waals surface area contributed by atoms with Gasteiger partial charge in [0.15, 0.2) is 0 Å². The Morgan fingerprint density at radius 1 is 1.00 bits per heavy atom. The van der Waals surface area contributed by atoms with Gasteiger partial charge < -0.3 is 5.73 Å². The Kier molecular flexibility index (Phi) is 3.17. The van der Waals surface area contributed by atoms with Gasteiger partial charge in [-0.2, -0.15) is 0 Å². The van der Waals surface area contributed by atoms with Gasteiger partial charge in [0.25, 0.3) is 0 Å². The van der Waals surface area contributed by atoms with Gasteiger partial charge in [0.05, 0.1) is 5.52 Å². The molecule has 2 aromatic carbocycles. The van der Waals surface area contributed by atoms with E-state index in [0.717, 1.165) is 17.0 Å². The summed E-state index contributed by atoms with van der Waals surface area (Å²) in [4.78, 5) is 4.87. The van der Waals surface area contributed by atoms with Gasteiger partial charge in [0, 0.05) is 22.2 Å². The average Bonchev–Trinajstić information content (AvgIpc) is 3.22. The summed E-state index contributed by atoms with van der Waals surface area (Å²) in [6.45, 7) is 0. The van der Waals surface area contributed by atoms with E-state index in [1.807, 2.05) is 23.9 Å². The fourth-order valence-corrected chi connectivity index (χ4v) is 3.72. The molecule has 0 aliphatic heterocycles. The van der Waals surface area contributed by atoms with E-state index in [9.17, 15) is 0 Å². The van der Waals surface area contributed by atoms with E-state index >= 15 is 0 Å². The Hall–Kier alpha value is -1.84. The summed E-state index contributed by atoms with van der Waals surface area (Å²) in [5, 5.41) is 2.79. The number of nitrogens with zero attached hydrogens (tertiary/aromatic N) is 1. The third-order valence-electron chi connectivity index (χ3n) is 3.82. The van der Waals surface area contributed by atoms with Gasteiger partial charge in [-0.05, 0) is 24.1 Å². The maximum Gasteiger partial charge on any atom is 0.105 e. The van der Waals surface area contributed by atoms with E-state index in [-0.39, 0.29) is 0 Å². The van der Waals surface area contributed by atoms with Crippen molar-refractivity contribution in [2.75, 3.05) is 0 Å². The van der Waals surface area contributed by atoms with Crippen molar-refractivity contribution in [3.05, 3.63) is 60.7 Å². The number of hydrogen-bond donors (Lipinski definition) is 1. The van der Waals surface area contributed by atoms with Crippen molar-refractivity contribution in [3.8, 4) is 11.1 Å². The Balaban J connectivity index is 1.87. The molecule has 2 nitrogen and oxygen atoms in total. The van der Waals surface area contributed by atoms with E-state index in [1.54, 1.807) is 0 Å². The normalized spacial score (nSPS) is 20.6. The lowest BCUT2D eigenvalue weighted by molar-refractivity contribution is 1.07. The first-order chi connectivity index (χ1) is 10.3. The lowest BCUT2D eigenvalue weighted by atomic mass is 10.1. The molecule has 1 heterocycles. The van der Waals surface area contributed by atoms with Gasteiger partial charge in [0.2, 0.25) is 0 Å². The highest BCUT2D eigenvalue weighted by Crippen LogP contribution is 2.42. The number of rotatable bonds is 3. The van der Waals surface area contributed by atoms with Gasteiger partial charge in [-0.15, -0.1) is 11.8 Å². The first kappa shape index (κ1) is 12.9. The summed E-state index contributed by atoms with van der Waals surface area (Å²) in [7, 11) is 0. The lowest BCUT2D eigenvalue weighted by Gasteiger charge is -2.10. The van der Waals surface area contributed by atoms with Crippen LogP contribution in [0, 0.1) is 0 Å². The predicted octanol–water partition coefficient (Wildman–Crippen LogP) is 4.09. The van der Waals surface area contributed by atoms with Crippen LogP contribution in [0.5, 0.6) is 0 Å². The largest absolute Gasteiger partial charge is 0.327 e. The first-order valence-corrected chi connectivity index (χ1v) is 8.07. The van der Waals surface area contributed by atoms with Gasteiger partial charge in [-0.3, -0.25) is 0 Å². The minimum atomic E-state index is 0.326. The predicted molar refractivity (Wildman–Crippen MR) is 89.4 cm³/mol. The molecule has 0 amide bonds. The maximum atomic E-state index is 5.97. The van der Waals surface area contributed by atoms with Gasteiger partial charge >= 0.3 is 0 Å². The molecule has 1 aliphatic carbocycles. The molecule has 0 bridgehead atoms. The molecular formula is C18H16N2S. The molecule has 2 N–H and O–H groups in total. The molecule has 1 aromatic heterocycles. The second kappa shape index (κ2) is 5.17. The number of benzene rings is 2. The molecule has 4 rings (SSSR count). The number of nitrogens with two attached hydrogens (primary N) is 1. The van der Waals surface area contributed by atoms with E-state index in [4.69, 9.17) is 10.7 Å². The molecule has 1 fully saturated rings. The SMILES string of the molecule is NC1CC1Sc1nc2ccccc2cc1-c1ccccc1. The van der Waals surface area contributed by atoms with Crippen molar-refractivity contribution < 1.29 is 0 Å². The second-order valence-electron chi connectivity index (χ2n) is 5.46. The minimum absolute atomic E-state index is 0.326. The molecule has 3 aromatic rings. The Morgan fingerprint density at radius 2 is 1.71 bits per heavy atom. The monoisotopic (exact) mass is 292 g/mol. The van der Waals surface area contributed by atoms with Gasteiger partial charge in [-0.1, -0.05) is 48.5 Å². The number of para-hydroxylation sites is 1. The summed E-state index contributed by atoms with van der Waals surface area (Å²) >= 11 is 1.82. The van der Waals surface area contributed by atoms with Crippen LogP contribution in [0.4, 0.5) is 0 Å². The summed E-state index contributed by atoms with van der Waals surface area (Å²) in [5.74, 6) is 0. The zero-order valence-electron chi connectivity index (χ0n) is 11.6. The van der Waals surface area contributed by atoms with E-state index in [1.165, 1.54) is 16.5 Å². The highest BCUT2D eigenvalue weighted by Gasteiger charge is 2.35. The highest BCUT2D eigenvalue weighted by atomic mass is 32.2. The number of pyridine rings is 1. The first-order valence-electron chi connectivity index (χ1n) is 7.19. The summed E-state index contributed by atoms with van der Waals surface area (Å²) < 4.78 is 0. The molecule has 1 saturated carbocycles. The maximum absolute atomic E-state index is 5.97. The zero-order chi connectivity index (χ0) is 14.2. The quantitative estimate of drug-likeness (QED) is 0.790. The third kappa shape index (κ3) is 2.55. The smallest absolute Gasteiger partial charge is 0.105 e. The van der Waals surface area contributed by atoms with E-state index in [0.29, 0.717) is 11.3 Å². The fraction of sp³-hybridized carbons (Fsp3) is 0.167. The van der Waals surface area contributed by atoms with Crippen LogP contribution in [0.3, 0.4) is 0 Å². The molecule has 2 atom stereocenters. The number of thioether (sulfide) groups is 1. The van der Waals surface area contributed by atoms with Crippen molar-refractivity contribution in [3.63, 3.8) is 0 Å². The number of fused-ring (bicyclic) bond motifs is 1. The third-order valence-corrected chi connectivity index (χ3v) is 5.19. The van der Waals surface area contributed by atoms with Crippen molar-refractivity contribution in [2.24, 2.45) is 5.73 Å². The van der Waals surface area contributed by atoms with Crippen molar-refractivity contribution in [2.45, 2.75) is 22.7 Å². The number of hydrogen-bond acceptors (Lipinski definition) is 3. The van der Waals surface area contributed by atoms with Crippen LogP contribution >= 0.6 is 11.8 Å².